The molecule has 2 rings (SSSR count). The summed E-state index contributed by atoms with van der Waals surface area (Å²) in [6.07, 6.45) is 3.77. The topological polar surface area (TPSA) is 77.2 Å². The van der Waals surface area contributed by atoms with E-state index in [-0.39, 0.29) is 5.91 Å². The van der Waals surface area contributed by atoms with Gasteiger partial charge in [0.25, 0.3) is 0 Å². The molecule has 0 radical (unpaired) electrons. The van der Waals surface area contributed by atoms with E-state index in [4.69, 9.17) is 10.5 Å². The Bertz CT molecular complexity index is 375. The summed E-state index contributed by atoms with van der Waals surface area (Å²) in [5.74, 6) is -0.00621. The van der Waals surface area contributed by atoms with Crippen molar-refractivity contribution in [2.75, 3.05) is 18.9 Å². The van der Waals surface area contributed by atoms with Crippen LogP contribution in [0.4, 0.5) is 5.13 Å². The first-order valence-electron chi connectivity index (χ1n) is 5.82. The average molecular weight is 255 g/mol. The highest BCUT2D eigenvalue weighted by atomic mass is 32.1. The van der Waals surface area contributed by atoms with Crippen molar-refractivity contribution in [3.05, 3.63) is 11.1 Å². The lowest BCUT2D eigenvalue weighted by Crippen LogP contribution is -2.28. The number of carbonyl (C=O) groups excluding carboxylic acids is 1. The molecular weight excluding hydrogens is 238 g/mol. The highest BCUT2D eigenvalue weighted by molar-refractivity contribution is 7.13. The molecule has 3 N–H and O–H groups in total. The van der Waals surface area contributed by atoms with E-state index in [1.54, 1.807) is 0 Å². The van der Waals surface area contributed by atoms with Crippen LogP contribution in [-0.4, -0.2) is 30.1 Å². The van der Waals surface area contributed by atoms with Gasteiger partial charge in [-0.2, -0.15) is 0 Å². The highest BCUT2D eigenvalue weighted by Gasteiger charge is 2.15. The Morgan fingerprint density at radius 1 is 1.71 bits per heavy atom. The molecule has 0 saturated carbocycles. The fourth-order valence-corrected chi connectivity index (χ4v) is 2.44. The van der Waals surface area contributed by atoms with Crippen molar-refractivity contribution in [1.29, 1.82) is 0 Å². The summed E-state index contributed by atoms with van der Waals surface area (Å²) in [5, 5.41) is 5.19. The van der Waals surface area contributed by atoms with Gasteiger partial charge in [-0.15, -0.1) is 11.3 Å². The van der Waals surface area contributed by atoms with Crippen molar-refractivity contribution in [1.82, 2.24) is 10.3 Å². The van der Waals surface area contributed by atoms with E-state index >= 15 is 0 Å². The standard InChI is InChI=1S/C11H17N3O2S/c12-11-14-8(7-17-11)6-10(15)13-4-3-9-2-1-5-16-9/h7,9H,1-6H2,(H2,12,14)(H,13,15). The molecule has 17 heavy (non-hydrogen) atoms. The number of carbonyl (C=O) groups is 1. The first kappa shape index (κ1) is 12.3. The zero-order valence-electron chi connectivity index (χ0n) is 9.65. The van der Waals surface area contributed by atoms with Gasteiger partial charge in [0.15, 0.2) is 5.13 Å². The van der Waals surface area contributed by atoms with Crippen LogP contribution in [0.25, 0.3) is 0 Å². The molecule has 0 aromatic carbocycles. The summed E-state index contributed by atoms with van der Waals surface area (Å²) in [4.78, 5) is 15.6. The molecule has 1 amide bonds. The van der Waals surface area contributed by atoms with Gasteiger partial charge in [0.05, 0.1) is 18.2 Å². The molecule has 0 spiro atoms. The van der Waals surface area contributed by atoms with Gasteiger partial charge in [0, 0.05) is 18.5 Å². The molecule has 1 fully saturated rings. The number of nitrogens with two attached hydrogens (primary N) is 1. The molecule has 1 aliphatic rings. The first-order chi connectivity index (χ1) is 8.24. The van der Waals surface area contributed by atoms with E-state index in [1.165, 1.54) is 11.3 Å². The van der Waals surface area contributed by atoms with Crippen molar-refractivity contribution in [3.63, 3.8) is 0 Å². The number of ether oxygens (including phenoxy) is 1. The second-order valence-corrected chi connectivity index (χ2v) is 5.02. The minimum atomic E-state index is -0.00621. The third-order valence-corrected chi connectivity index (χ3v) is 3.45. The largest absolute Gasteiger partial charge is 0.378 e. The van der Waals surface area contributed by atoms with Gasteiger partial charge >= 0.3 is 0 Å². The summed E-state index contributed by atoms with van der Waals surface area (Å²) in [7, 11) is 0. The second kappa shape index (κ2) is 5.97. The van der Waals surface area contributed by atoms with Gasteiger partial charge in [-0.3, -0.25) is 4.79 Å². The number of nitrogens with one attached hydrogen (secondary N) is 1. The van der Waals surface area contributed by atoms with Crippen molar-refractivity contribution in [3.8, 4) is 0 Å². The van der Waals surface area contributed by atoms with Crippen LogP contribution in [0.2, 0.25) is 0 Å². The van der Waals surface area contributed by atoms with Crippen LogP contribution in [0.1, 0.15) is 25.0 Å². The lowest BCUT2D eigenvalue weighted by Gasteiger charge is -2.09. The van der Waals surface area contributed by atoms with Crippen LogP contribution in [-0.2, 0) is 16.0 Å². The van der Waals surface area contributed by atoms with Crippen LogP contribution in [0.3, 0.4) is 0 Å². The molecule has 1 aliphatic heterocycles. The molecule has 1 saturated heterocycles. The van der Waals surface area contributed by atoms with E-state index in [1.807, 2.05) is 5.38 Å². The van der Waals surface area contributed by atoms with Crippen LogP contribution >= 0.6 is 11.3 Å². The fourth-order valence-electron chi connectivity index (χ4n) is 1.88. The minimum Gasteiger partial charge on any atom is -0.378 e. The third-order valence-electron chi connectivity index (χ3n) is 2.72. The van der Waals surface area contributed by atoms with Crippen molar-refractivity contribution in [2.24, 2.45) is 0 Å². The van der Waals surface area contributed by atoms with E-state index in [0.717, 1.165) is 31.6 Å². The molecule has 1 unspecified atom stereocenters. The molecule has 1 aromatic rings. The van der Waals surface area contributed by atoms with Gasteiger partial charge in [-0.1, -0.05) is 0 Å². The smallest absolute Gasteiger partial charge is 0.226 e. The van der Waals surface area contributed by atoms with Crippen LogP contribution in [0.5, 0.6) is 0 Å². The monoisotopic (exact) mass is 255 g/mol. The number of nitrogen functional groups attached to an aromatic ring is 1. The quantitative estimate of drug-likeness (QED) is 0.821. The maximum absolute atomic E-state index is 11.6. The van der Waals surface area contributed by atoms with Crippen molar-refractivity contribution < 1.29 is 9.53 Å². The maximum atomic E-state index is 11.6. The van der Waals surface area contributed by atoms with Gasteiger partial charge < -0.3 is 15.8 Å². The Kier molecular flexibility index (Phi) is 4.33. The number of hydrogen-bond donors (Lipinski definition) is 2. The lowest BCUT2D eigenvalue weighted by molar-refractivity contribution is -0.120. The Morgan fingerprint density at radius 2 is 2.59 bits per heavy atom. The molecule has 1 atom stereocenters. The predicted molar refractivity (Wildman–Crippen MR) is 66.8 cm³/mol. The summed E-state index contributed by atoms with van der Waals surface area (Å²) < 4.78 is 5.48. The molecular formula is C11H17N3O2S. The number of rotatable bonds is 5. The highest BCUT2D eigenvalue weighted by Crippen LogP contribution is 2.14. The van der Waals surface area contributed by atoms with E-state index in [0.29, 0.717) is 24.2 Å². The van der Waals surface area contributed by atoms with Gasteiger partial charge in [-0.25, -0.2) is 4.98 Å². The molecule has 0 aliphatic carbocycles. The zero-order valence-corrected chi connectivity index (χ0v) is 10.5. The third kappa shape index (κ3) is 3.98. The van der Waals surface area contributed by atoms with E-state index < -0.39 is 0 Å². The predicted octanol–water partition coefficient (Wildman–Crippen LogP) is 0.953. The Morgan fingerprint density at radius 3 is 3.24 bits per heavy atom. The molecule has 94 valence electrons. The fraction of sp³-hybridized carbons (Fsp3) is 0.636. The normalized spacial score (nSPS) is 19.4. The van der Waals surface area contributed by atoms with Gasteiger partial charge in [-0.05, 0) is 19.3 Å². The number of amides is 1. The summed E-state index contributed by atoms with van der Waals surface area (Å²) >= 11 is 1.36. The Balaban J connectivity index is 1.63. The Hall–Kier alpha value is -1.14. The number of hydrogen-bond acceptors (Lipinski definition) is 5. The van der Waals surface area contributed by atoms with Crippen LogP contribution < -0.4 is 11.1 Å². The Labute approximate surface area is 104 Å². The van der Waals surface area contributed by atoms with Gasteiger partial charge in [0.1, 0.15) is 0 Å². The summed E-state index contributed by atoms with van der Waals surface area (Å²) in [5.41, 5.74) is 6.23. The van der Waals surface area contributed by atoms with Crippen molar-refractivity contribution in [2.45, 2.75) is 31.8 Å². The van der Waals surface area contributed by atoms with E-state index in [9.17, 15) is 4.79 Å². The number of anilines is 1. The molecule has 5 nitrogen and oxygen atoms in total. The van der Waals surface area contributed by atoms with Crippen LogP contribution in [0.15, 0.2) is 5.38 Å². The lowest BCUT2D eigenvalue weighted by atomic mass is 10.2. The molecule has 6 heteroatoms. The van der Waals surface area contributed by atoms with Crippen LogP contribution in [0, 0.1) is 0 Å². The molecule has 2 heterocycles. The molecule has 0 bridgehead atoms. The zero-order chi connectivity index (χ0) is 12.1. The second-order valence-electron chi connectivity index (χ2n) is 4.13. The molecule has 1 aromatic heterocycles. The number of aromatic nitrogens is 1. The van der Waals surface area contributed by atoms with Gasteiger partial charge in [0.2, 0.25) is 5.91 Å². The SMILES string of the molecule is Nc1nc(CC(=O)NCCC2CCCO2)cs1. The average Bonchev–Trinajstić information content (AvgIpc) is 2.90. The minimum absolute atomic E-state index is 0.00621. The number of nitrogens with zero attached hydrogens (tertiary/aromatic N) is 1. The van der Waals surface area contributed by atoms with Crippen molar-refractivity contribution >= 4 is 22.4 Å². The first-order valence-corrected chi connectivity index (χ1v) is 6.70. The van der Waals surface area contributed by atoms with E-state index in [2.05, 4.69) is 10.3 Å². The summed E-state index contributed by atoms with van der Waals surface area (Å²) in [6, 6.07) is 0. The number of thiazole rings is 1. The maximum Gasteiger partial charge on any atom is 0.226 e. The summed E-state index contributed by atoms with van der Waals surface area (Å²) in [6.45, 7) is 1.53.